The van der Waals surface area contributed by atoms with Crippen molar-refractivity contribution in [3.63, 3.8) is 0 Å². The highest BCUT2D eigenvalue weighted by atomic mass is 16.5. The lowest BCUT2D eigenvalue weighted by atomic mass is 9.86. The standard InChI is InChI=1S/C8H13NO3/c9-8(6(10)11)3-4-12-7(5-8)1-2-7/h1-5,9H2,(H,10,11). The quantitative estimate of drug-likeness (QED) is 0.587. The number of carboxylic acid groups (broad SMARTS) is 1. The minimum Gasteiger partial charge on any atom is -0.480 e. The summed E-state index contributed by atoms with van der Waals surface area (Å²) in [6.07, 6.45) is 2.86. The molecular formula is C8H13NO3. The molecule has 0 aromatic carbocycles. The Morgan fingerprint density at radius 3 is 2.58 bits per heavy atom. The first kappa shape index (κ1) is 8.01. The smallest absolute Gasteiger partial charge is 0.323 e. The van der Waals surface area contributed by atoms with E-state index in [-0.39, 0.29) is 5.60 Å². The second-order valence-corrected chi connectivity index (χ2v) is 3.92. The van der Waals surface area contributed by atoms with E-state index >= 15 is 0 Å². The minimum atomic E-state index is -1.03. The Bertz CT molecular complexity index is 224. The van der Waals surface area contributed by atoms with Gasteiger partial charge in [-0.05, 0) is 19.3 Å². The third-order valence-corrected chi connectivity index (χ3v) is 2.83. The Morgan fingerprint density at radius 2 is 2.08 bits per heavy atom. The Balaban J connectivity index is 2.12. The molecule has 3 N–H and O–H groups in total. The Morgan fingerprint density at radius 1 is 1.42 bits per heavy atom. The van der Waals surface area contributed by atoms with E-state index in [0.29, 0.717) is 19.4 Å². The van der Waals surface area contributed by atoms with E-state index in [2.05, 4.69) is 0 Å². The molecule has 0 aromatic rings. The van der Waals surface area contributed by atoms with Gasteiger partial charge in [0.25, 0.3) is 0 Å². The zero-order valence-corrected chi connectivity index (χ0v) is 6.88. The van der Waals surface area contributed by atoms with Crippen LogP contribution in [0.2, 0.25) is 0 Å². The molecule has 2 aliphatic rings. The molecule has 4 nitrogen and oxygen atoms in total. The fourth-order valence-corrected chi connectivity index (χ4v) is 1.81. The second-order valence-electron chi connectivity index (χ2n) is 3.92. The molecule has 1 saturated carbocycles. The predicted molar refractivity (Wildman–Crippen MR) is 41.7 cm³/mol. The predicted octanol–water partition coefficient (Wildman–Crippen LogP) is 0.111. The number of hydrogen-bond donors (Lipinski definition) is 2. The lowest BCUT2D eigenvalue weighted by Crippen LogP contribution is -2.55. The van der Waals surface area contributed by atoms with Crippen LogP contribution in [0, 0.1) is 0 Å². The van der Waals surface area contributed by atoms with Gasteiger partial charge in [0.1, 0.15) is 5.54 Å². The summed E-state index contributed by atoms with van der Waals surface area (Å²) in [5.41, 5.74) is 4.54. The fourth-order valence-electron chi connectivity index (χ4n) is 1.81. The fraction of sp³-hybridized carbons (Fsp3) is 0.875. The molecular weight excluding hydrogens is 158 g/mol. The van der Waals surface area contributed by atoms with Gasteiger partial charge in [0, 0.05) is 13.0 Å². The molecule has 4 heteroatoms. The van der Waals surface area contributed by atoms with E-state index in [1.54, 1.807) is 0 Å². The summed E-state index contributed by atoms with van der Waals surface area (Å²) in [4.78, 5) is 10.8. The van der Waals surface area contributed by atoms with Crippen molar-refractivity contribution in [3.05, 3.63) is 0 Å². The van der Waals surface area contributed by atoms with E-state index in [9.17, 15) is 4.79 Å². The van der Waals surface area contributed by atoms with Gasteiger partial charge in [0.2, 0.25) is 0 Å². The highest BCUT2D eigenvalue weighted by Gasteiger charge is 2.54. The third kappa shape index (κ3) is 1.11. The Labute approximate surface area is 70.7 Å². The number of carbonyl (C=O) groups is 1. The van der Waals surface area contributed by atoms with Crippen molar-refractivity contribution < 1.29 is 14.6 Å². The van der Waals surface area contributed by atoms with Crippen molar-refractivity contribution in [2.45, 2.75) is 36.8 Å². The molecule has 2 rings (SSSR count). The molecule has 0 radical (unpaired) electrons. The molecule has 1 unspecified atom stereocenters. The van der Waals surface area contributed by atoms with Gasteiger partial charge in [-0.2, -0.15) is 0 Å². The molecule has 12 heavy (non-hydrogen) atoms. The van der Waals surface area contributed by atoms with E-state index in [1.807, 2.05) is 0 Å². The molecule has 0 bridgehead atoms. The van der Waals surface area contributed by atoms with Crippen LogP contribution in [0.5, 0.6) is 0 Å². The largest absolute Gasteiger partial charge is 0.480 e. The summed E-state index contributed by atoms with van der Waals surface area (Å²) in [6, 6.07) is 0. The van der Waals surface area contributed by atoms with Crippen LogP contribution >= 0.6 is 0 Å². The van der Waals surface area contributed by atoms with Crippen LogP contribution in [-0.4, -0.2) is 28.8 Å². The van der Waals surface area contributed by atoms with Gasteiger partial charge in [-0.1, -0.05) is 0 Å². The van der Waals surface area contributed by atoms with Crippen molar-refractivity contribution in [2.75, 3.05) is 6.61 Å². The first-order chi connectivity index (χ1) is 5.56. The van der Waals surface area contributed by atoms with E-state index < -0.39 is 11.5 Å². The van der Waals surface area contributed by atoms with Crippen molar-refractivity contribution in [1.82, 2.24) is 0 Å². The third-order valence-electron chi connectivity index (χ3n) is 2.83. The summed E-state index contributed by atoms with van der Waals surface area (Å²) in [7, 11) is 0. The molecule has 1 heterocycles. The average molecular weight is 171 g/mol. The maximum absolute atomic E-state index is 10.8. The maximum atomic E-state index is 10.8. The zero-order valence-electron chi connectivity index (χ0n) is 6.88. The molecule has 1 atom stereocenters. The van der Waals surface area contributed by atoms with Crippen molar-refractivity contribution in [1.29, 1.82) is 0 Å². The highest BCUT2D eigenvalue weighted by molar-refractivity contribution is 5.78. The van der Waals surface area contributed by atoms with Crippen LogP contribution in [0.4, 0.5) is 0 Å². The van der Waals surface area contributed by atoms with Crippen LogP contribution in [0.25, 0.3) is 0 Å². The number of hydrogen-bond acceptors (Lipinski definition) is 3. The Hall–Kier alpha value is -0.610. The van der Waals surface area contributed by atoms with E-state index in [1.165, 1.54) is 0 Å². The summed E-state index contributed by atoms with van der Waals surface area (Å²) in [6.45, 7) is 0.489. The van der Waals surface area contributed by atoms with Crippen molar-refractivity contribution in [3.8, 4) is 0 Å². The van der Waals surface area contributed by atoms with Gasteiger partial charge < -0.3 is 15.6 Å². The normalized spacial score (nSPS) is 38.1. The van der Waals surface area contributed by atoms with Gasteiger partial charge in [-0.3, -0.25) is 4.79 Å². The number of rotatable bonds is 1. The first-order valence-corrected chi connectivity index (χ1v) is 4.23. The van der Waals surface area contributed by atoms with Crippen LogP contribution in [0.1, 0.15) is 25.7 Å². The molecule has 0 amide bonds. The molecule has 1 saturated heterocycles. The maximum Gasteiger partial charge on any atom is 0.323 e. The number of aliphatic carboxylic acids is 1. The number of ether oxygens (including phenoxy) is 1. The van der Waals surface area contributed by atoms with Gasteiger partial charge in [0.05, 0.1) is 5.60 Å². The number of nitrogens with two attached hydrogens (primary N) is 1. The zero-order chi connectivity index (χ0) is 8.82. The molecule has 1 aliphatic heterocycles. The summed E-state index contributed by atoms with van der Waals surface area (Å²) in [5, 5.41) is 8.88. The van der Waals surface area contributed by atoms with Crippen LogP contribution in [0.15, 0.2) is 0 Å². The van der Waals surface area contributed by atoms with Crippen LogP contribution in [0.3, 0.4) is 0 Å². The minimum absolute atomic E-state index is 0.161. The van der Waals surface area contributed by atoms with Gasteiger partial charge in [0.15, 0.2) is 0 Å². The van der Waals surface area contributed by atoms with Gasteiger partial charge in [-0.25, -0.2) is 0 Å². The van der Waals surface area contributed by atoms with E-state index in [4.69, 9.17) is 15.6 Å². The number of carboxylic acids is 1. The topological polar surface area (TPSA) is 72.6 Å². The molecule has 1 aliphatic carbocycles. The first-order valence-electron chi connectivity index (χ1n) is 4.23. The lowest BCUT2D eigenvalue weighted by molar-refractivity contribution is -0.150. The van der Waals surface area contributed by atoms with Crippen LogP contribution < -0.4 is 5.73 Å². The van der Waals surface area contributed by atoms with Crippen molar-refractivity contribution >= 4 is 5.97 Å². The van der Waals surface area contributed by atoms with Gasteiger partial charge in [-0.15, -0.1) is 0 Å². The Kier molecular flexibility index (Phi) is 1.47. The van der Waals surface area contributed by atoms with Gasteiger partial charge >= 0.3 is 5.97 Å². The summed E-state index contributed by atoms with van der Waals surface area (Å²) >= 11 is 0. The lowest BCUT2D eigenvalue weighted by Gasteiger charge is -2.34. The summed E-state index contributed by atoms with van der Waals surface area (Å²) < 4.78 is 5.48. The average Bonchev–Trinajstić information content (AvgIpc) is 2.68. The molecule has 2 fully saturated rings. The van der Waals surface area contributed by atoms with Crippen LogP contribution in [-0.2, 0) is 9.53 Å². The molecule has 1 spiro atoms. The van der Waals surface area contributed by atoms with Crippen molar-refractivity contribution in [2.24, 2.45) is 5.73 Å². The highest BCUT2D eigenvalue weighted by Crippen LogP contribution is 2.48. The van der Waals surface area contributed by atoms with E-state index in [0.717, 1.165) is 12.8 Å². The second kappa shape index (κ2) is 2.20. The molecule has 68 valence electrons. The monoisotopic (exact) mass is 171 g/mol. The summed E-state index contributed by atoms with van der Waals surface area (Å²) in [5.74, 6) is -0.892. The molecule has 0 aromatic heterocycles. The SMILES string of the molecule is NC1(C(=O)O)CCOC2(CC2)C1.